The van der Waals surface area contributed by atoms with E-state index in [9.17, 15) is 4.79 Å². The number of likely N-dealkylation sites (tertiary alicyclic amines) is 1. The van der Waals surface area contributed by atoms with Gasteiger partial charge in [-0.05, 0) is 49.3 Å². The van der Waals surface area contributed by atoms with Gasteiger partial charge >= 0.3 is 0 Å². The molecule has 1 aromatic heterocycles. The molecule has 168 valence electrons. The number of nitrogens with one attached hydrogen (secondary N) is 1. The normalized spacial score (nSPS) is 14.9. The number of rotatable bonds is 7. The summed E-state index contributed by atoms with van der Waals surface area (Å²) in [5, 5.41) is 8.36. The zero-order chi connectivity index (χ0) is 22.5. The molecule has 1 aliphatic heterocycles. The number of halogens is 1. The van der Waals surface area contributed by atoms with Crippen molar-refractivity contribution < 1.29 is 9.53 Å². The van der Waals surface area contributed by atoms with Crippen LogP contribution in [-0.2, 0) is 20.3 Å². The molecule has 1 amide bonds. The molecule has 7 nitrogen and oxygen atoms in total. The van der Waals surface area contributed by atoms with Crippen LogP contribution >= 0.6 is 23.8 Å². The van der Waals surface area contributed by atoms with E-state index >= 15 is 0 Å². The summed E-state index contributed by atoms with van der Waals surface area (Å²) < 4.78 is 10.1. The van der Waals surface area contributed by atoms with E-state index < -0.39 is 0 Å². The number of amides is 1. The van der Waals surface area contributed by atoms with Gasteiger partial charge in [0.2, 0.25) is 0 Å². The van der Waals surface area contributed by atoms with Gasteiger partial charge in [0.15, 0.2) is 10.6 Å². The molecule has 0 spiro atoms. The molecule has 32 heavy (non-hydrogen) atoms. The highest BCUT2D eigenvalue weighted by Crippen LogP contribution is 2.24. The summed E-state index contributed by atoms with van der Waals surface area (Å²) in [7, 11) is 1.89. The van der Waals surface area contributed by atoms with Crippen LogP contribution in [0.4, 0.5) is 0 Å². The van der Waals surface area contributed by atoms with Crippen LogP contribution in [-0.4, -0.2) is 44.3 Å². The highest BCUT2D eigenvalue weighted by molar-refractivity contribution is 7.71. The smallest absolute Gasteiger partial charge is 0.251 e. The van der Waals surface area contributed by atoms with E-state index in [1.807, 2.05) is 64.8 Å². The zero-order valence-electron chi connectivity index (χ0n) is 17.9. The van der Waals surface area contributed by atoms with Gasteiger partial charge in [-0.2, -0.15) is 5.10 Å². The lowest BCUT2D eigenvalue weighted by Crippen LogP contribution is -2.45. The quantitative estimate of drug-likeness (QED) is 0.527. The van der Waals surface area contributed by atoms with Gasteiger partial charge in [-0.15, -0.1) is 0 Å². The standard InChI is InChI=1S/C23H26ClN5O2S/c1-27-21(15-31-20-10-6-5-9-19(20)24)26-29(23(27)32)16-28-13-11-18(12-14-28)25-22(30)17-7-3-2-4-8-17/h2-10,18H,11-16H2,1H3,(H,25,30). The number of carbonyl (C=O) groups excluding carboxylic acids is 1. The Hall–Kier alpha value is -2.68. The Labute approximate surface area is 197 Å². The van der Waals surface area contributed by atoms with E-state index in [0.717, 1.165) is 31.8 Å². The van der Waals surface area contributed by atoms with Crippen molar-refractivity contribution in [2.45, 2.75) is 32.2 Å². The minimum Gasteiger partial charge on any atom is -0.484 e. The molecule has 1 N–H and O–H groups in total. The Balaban J connectivity index is 1.30. The molecule has 0 atom stereocenters. The average molecular weight is 472 g/mol. The lowest BCUT2D eigenvalue weighted by Gasteiger charge is -2.32. The fourth-order valence-electron chi connectivity index (χ4n) is 3.72. The van der Waals surface area contributed by atoms with Gasteiger partial charge in [-0.3, -0.25) is 9.69 Å². The number of ether oxygens (including phenoxy) is 1. The van der Waals surface area contributed by atoms with Crippen LogP contribution < -0.4 is 10.1 Å². The molecular weight excluding hydrogens is 446 g/mol. The average Bonchev–Trinajstić information content (AvgIpc) is 3.08. The second kappa shape index (κ2) is 10.3. The molecule has 0 unspecified atom stereocenters. The molecule has 1 aliphatic rings. The van der Waals surface area contributed by atoms with Gasteiger partial charge in [0, 0.05) is 31.7 Å². The lowest BCUT2D eigenvalue weighted by atomic mass is 10.0. The summed E-state index contributed by atoms with van der Waals surface area (Å²) in [6.07, 6.45) is 1.78. The summed E-state index contributed by atoms with van der Waals surface area (Å²) in [6, 6.07) is 16.9. The van der Waals surface area contributed by atoms with Gasteiger partial charge in [0.05, 0.1) is 11.7 Å². The van der Waals surface area contributed by atoms with Crippen molar-refractivity contribution in [3.05, 3.63) is 75.8 Å². The van der Waals surface area contributed by atoms with Crippen LogP contribution in [0.1, 0.15) is 29.0 Å². The van der Waals surface area contributed by atoms with E-state index in [0.29, 0.717) is 27.8 Å². The van der Waals surface area contributed by atoms with Gasteiger partial charge in [0.1, 0.15) is 12.4 Å². The Morgan fingerprint density at radius 2 is 1.84 bits per heavy atom. The highest BCUT2D eigenvalue weighted by atomic mass is 35.5. The maximum atomic E-state index is 12.4. The molecular formula is C23H26ClN5O2S. The lowest BCUT2D eigenvalue weighted by molar-refractivity contribution is 0.0895. The molecule has 1 saturated heterocycles. The zero-order valence-corrected chi connectivity index (χ0v) is 19.5. The van der Waals surface area contributed by atoms with E-state index in [2.05, 4.69) is 15.3 Å². The van der Waals surface area contributed by atoms with Crippen LogP contribution in [0.2, 0.25) is 5.02 Å². The van der Waals surface area contributed by atoms with Crippen LogP contribution in [0.5, 0.6) is 5.75 Å². The summed E-state index contributed by atoms with van der Waals surface area (Å²) in [5.74, 6) is 1.34. The van der Waals surface area contributed by atoms with Crippen molar-refractivity contribution in [3.63, 3.8) is 0 Å². The first-order valence-electron chi connectivity index (χ1n) is 10.6. The Morgan fingerprint density at radius 1 is 1.16 bits per heavy atom. The van der Waals surface area contributed by atoms with Gasteiger partial charge in [0.25, 0.3) is 5.91 Å². The van der Waals surface area contributed by atoms with Crippen molar-refractivity contribution in [1.82, 2.24) is 24.6 Å². The Morgan fingerprint density at radius 3 is 2.56 bits per heavy atom. The molecule has 2 heterocycles. The van der Waals surface area contributed by atoms with Crippen molar-refractivity contribution in [2.75, 3.05) is 13.1 Å². The van der Waals surface area contributed by atoms with E-state index in [4.69, 9.17) is 28.6 Å². The van der Waals surface area contributed by atoms with Crippen molar-refractivity contribution in [3.8, 4) is 5.75 Å². The van der Waals surface area contributed by atoms with Gasteiger partial charge in [-0.25, -0.2) is 4.68 Å². The van der Waals surface area contributed by atoms with Crippen LogP contribution in [0.3, 0.4) is 0 Å². The molecule has 0 aliphatic carbocycles. The summed E-state index contributed by atoms with van der Waals surface area (Å²) in [5.41, 5.74) is 0.696. The summed E-state index contributed by atoms with van der Waals surface area (Å²) >= 11 is 11.7. The van der Waals surface area contributed by atoms with Gasteiger partial charge < -0.3 is 14.6 Å². The Kier molecular flexibility index (Phi) is 7.24. The molecule has 3 aromatic rings. The van der Waals surface area contributed by atoms with E-state index in [1.54, 1.807) is 6.07 Å². The SMILES string of the molecule is Cn1c(COc2ccccc2Cl)nn(CN2CCC(NC(=O)c3ccccc3)CC2)c1=S. The van der Waals surface area contributed by atoms with Crippen molar-refractivity contribution >= 4 is 29.7 Å². The van der Waals surface area contributed by atoms with Gasteiger partial charge in [-0.1, -0.05) is 41.9 Å². The van der Waals surface area contributed by atoms with E-state index in [-0.39, 0.29) is 18.6 Å². The third-order valence-corrected chi connectivity index (χ3v) is 6.41. The third-order valence-electron chi connectivity index (χ3n) is 5.62. The number of para-hydroxylation sites is 1. The monoisotopic (exact) mass is 471 g/mol. The number of nitrogens with zero attached hydrogens (tertiary/aromatic N) is 4. The number of hydrogen-bond acceptors (Lipinski definition) is 5. The maximum Gasteiger partial charge on any atom is 0.251 e. The summed E-state index contributed by atoms with van der Waals surface area (Å²) in [4.78, 5) is 14.7. The minimum atomic E-state index is -0.0147. The number of benzene rings is 2. The first kappa shape index (κ1) is 22.5. The molecule has 4 rings (SSSR count). The fraction of sp³-hybridized carbons (Fsp3) is 0.348. The first-order chi connectivity index (χ1) is 15.5. The molecule has 0 radical (unpaired) electrons. The number of aromatic nitrogens is 3. The molecule has 0 saturated carbocycles. The summed E-state index contributed by atoms with van der Waals surface area (Å²) in [6.45, 7) is 2.62. The second-order valence-corrected chi connectivity index (χ2v) is 8.62. The molecule has 1 fully saturated rings. The topological polar surface area (TPSA) is 64.3 Å². The Bertz CT molecular complexity index is 1120. The van der Waals surface area contributed by atoms with Crippen LogP contribution in [0.25, 0.3) is 0 Å². The second-order valence-electron chi connectivity index (χ2n) is 7.85. The maximum absolute atomic E-state index is 12.4. The number of piperidine rings is 1. The predicted molar refractivity (Wildman–Crippen MR) is 126 cm³/mol. The molecule has 9 heteroatoms. The first-order valence-corrected chi connectivity index (χ1v) is 11.4. The largest absolute Gasteiger partial charge is 0.484 e. The minimum absolute atomic E-state index is 0.0147. The van der Waals surface area contributed by atoms with Crippen LogP contribution in [0, 0.1) is 4.77 Å². The third kappa shape index (κ3) is 5.38. The fourth-order valence-corrected chi connectivity index (χ4v) is 4.12. The van der Waals surface area contributed by atoms with E-state index in [1.165, 1.54) is 0 Å². The number of carbonyl (C=O) groups is 1. The highest BCUT2D eigenvalue weighted by Gasteiger charge is 2.22. The molecule has 0 bridgehead atoms. The van der Waals surface area contributed by atoms with Crippen molar-refractivity contribution in [1.29, 1.82) is 0 Å². The predicted octanol–water partition coefficient (Wildman–Crippen LogP) is 4.04. The number of hydrogen-bond donors (Lipinski definition) is 1. The van der Waals surface area contributed by atoms with Crippen LogP contribution in [0.15, 0.2) is 54.6 Å². The van der Waals surface area contributed by atoms with Crippen molar-refractivity contribution in [2.24, 2.45) is 7.05 Å². The molecule has 2 aromatic carbocycles.